The minimum Gasteiger partial charge on any atom is -0.458 e. The number of aryl methyl sites for hydroxylation is 18. The first-order valence-corrected chi connectivity index (χ1v) is 39.9. The molecule has 21 rings (SSSR count). The third-order valence-corrected chi connectivity index (χ3v) is 25.7. The second-order valence-corrected chi connectivity index (χ2v) is 34.0. The summed E-state index contributed by atoms with van der Waals surface area (Å²) in [6.07, 6.45) is 0. The molecule has 14 aromatic carbocycles. The molecule has 7 aliphatic heterocycles. The number of hydrogen-bond donors (Lipinski definition) is 1. The van der Waals surface area contributed by atoms with Crippen LogP contribution < -0.4 is 83.6 Å². The number of hydrogen-bond acceptors (Lipinski definition) is 7. The van der Waals surface area contributed by atoms with Gasteiger partial charge in [0.25, 0.3) is 20.1 Å². The Hall–Kier alpha value is -12.1. The summed E-state index contributed by atoms with van der Waals surface area (Å²) in [4.78, 5) is 10.6. The average Bonchev–Trinajstić information content (AvgIpc) is 0.676. The topological polar surface area (TPSA) is 43.5 Å². The fraction of sp³-hybridized carbons (Fsp3) is 0.176. The van der Waals surface area contributed by atoms with Gasteiger partial charge in [0.1, 0.15) is 11.5 Å². The SMILES string of the molecule is Cc1cc(C)c(-c2cc3c4c(c2)N2c5ccccc5Oc5cccc(c52)B4c2cc4c(cc2N3)N(c2c(C)cc(C)cc2C)c2cc(-c3c(C)cc(C)cc3C)cc3c2B4c2cc4c(cc2N3c2c(C)cc(C)cc2C)N(c2c(C)cc(C)cc2C)c2cc(-c3c(C)cc(C)cc3C)cc3c2B4c2ccccc2O3)c(C)c1. The van der Waals surface area contributed by atoms with Crippen molar-refractivity contribution in [1.29, 1.82) is 0 Å². The van der Waals surface area contributed by atoms with Crippen LogP contribution in [0.1, 0.15) is 100 Å². The Morgan fingerprint density at radius 1 is 0.223 bits per heavy atom. The highest BCUT2D eigenvalue weighted by atomic mass is 16.5. The summed E-state index contributed by atoms with van der Waals surface area (Å²) in [7, 11) is 0. The van der Waals surface area contributed by atoms with Crippen LogP contribution in [0.25, 0.3) is 33.4 Å². The molecule has 14 aromatic rings. The summed E-state index contributed by atoms with van der Waals surface area (Å²) < 4.78 is 14.6. The number of para-hydroxylation sites is 4. The standard InChI is InChI=1S/C102H88B3N5O2/c1-52-30-58(7)93(59(8)31-52)70-42-80-96-85(43-70)107-81-26-20-22-28-90(81)112-91-29-23-25-74(102(91)107)104(96)75-48-76-82(50-79(75)106-80)108(99-64(13)36-55(4)37-65(99)14)86-44-71(94-60(9)32-53(2)33-61(94)10)45-87-97(86)105(76)78-49-77-83(51-84(78)109(87)100-66(15)38-56(5)39-67(100)16)110(101-68(17)40-57(6)41-69(101)18)88-46-72(95-62(11)34-54(3)35-63(95)12)47-92-98(88)103(77)73-24-19-21-27-89(73)111-92/h19-51,106H,1-18H3. The number of ether oxygens (including phenoxy) is 2. The van der Waals surface area contributed by atoms with Crippen LogP contribution >= 0.6 is 0 Å². The molecule has 0 radical (unpaired) electrons. The number of nitrogens with zero attached hydrogens (tertiary/aromatic N) is 4. The van der Waals surface area contributed by atoms with E-state index in [1.807, 2.05) is 0 Å². The van der Waals surface area contributed by atoms with Crippen LogP contribution in [-0.4, -0.2) is 20.1 Å². The highest BCUT2D eigenvalue weighted by Gasteiger charge is 2.52. The van der Waals surface area contributed by atoms with E-state index >= 15 is 0 Å². The molecule has 0 unspecified atom stereocenters. The van der Waals surface area contributed by atoms with Gasteiger partial charge in [-0.05, 0) is 347 Å². The molecule has 0 spiro atoms. The first-order chi connectivity index (χ1) is 53.9. The first-order valence-electron chi connectivity index (χ1n) is 39.9. The van der Waals surface area contributed by atoms with E-state index in [0.717, 1.165) is 85.2 Å². The van der Waals surface area contributed by atoms with E-state index in [1.165, 1.54) is 200 Å². The average molecular weight is 1450 g/mol. The first kappa shape index (κ1) is 67.9. The molecule has 0 atom stereocenters. The van der Waals surface area contributed by atoms with Crippen molar-refractivity contribution in [3.05, 3.63) is 300 Å². The Bertz CT molecular complexity index is 6520. The molecule has 0 saturated heterocycles. The minimum atomic E-state index is -0.303. The van der Waals surface area contributed by atoms with Crippen molar-refractivity contribution in [2.24, 2.45) is 0 Å². The molecule has 0 amide bonds. The van der Waals surface area contributed by atoms with E-state index in [2.05, 4.69) is 350 Å². The highest BCUT2D eigenvalue weighted by molar-refractivity contribution is 7.04. The van der Waals surface area contributed by atoms with Gasteiger partial charge >= 0.3 is 0 Å². The predicted octanol–water partition coefficient (Wildman–Crippen LogP) is 21.2. The van der Waals surface area contributed by atoms with Crippen LogP contribution in [0.4, 0.5) is 79.6 Å². The lowest BCUT2D eigenvalue weighted by Crippen LogP contribution is -2.66. The molecule has 7 heterocycles. The van der Waals surface area contributed by atoms with Crippen LogP contribution in [0, 0.1) is 125 Å². The zero-order valence-corrected chi connectivity index (χ0v) is 67.4. The minimum absolute atomic E-state index is 0.200. The van der Waals surface area contributed by atoms with Crippen molar-refractivity contribution in [2.45, 2.75) is 125 Å². The summed E-state index contributed by atoms with van der Waals surface area (Å²) >= 11 is 0. The number of anilines is 14. The van der Waals surface area contributed by atoms with E-state index in [-0.39, 0.29) is 20.1 Å². The Morgan fingerprint density at radius 3 is 1.06 bits per heavy atom. The van der Waals surface area contributed by atoms with Gasteiger partial charge in [0.15, 0.2) is 11.5 Å². The van der Waals surface area contributed by atoms with Gasteiger partial charge in [-0.1, -0.05) is 161 Å². The smallest absolute Gasteiger partial charge is 0.256 e. The zero-order valence-electron chi connectivity index (χ0n) is 67.4. The molecule has 1 N–H and O–H groups in total. The second kappa shape index (κ2) is 24.2. The summed E-state index contributed by atoms with van der Waals surface area (Å²) in [6.45, 7) is 40.4. The second-order valence-electron chi connectivity index (χ2n) is 34.0. The summed E-state index contributed by atoms with van der Waals surface area (Å²) in [5.74, 6) is 3.47. The fourth-order valence-electron chi connectivity index (χ4n) is 22.4. The van der Waals surface area contributed by atoms with Crippen LogP contribution in [-0.2, 0) is 0 Å². The number of rotatable bonds is 6. The van der Waals surface area contributed by atoms with E-state index in [4.69, 9.17) is 9.47 Å². The normalized spacial score (nSPS) is 13.7. The molecule has 7 nitrogen and oxygen atoms in total. The van der Waals surface area contributed by atoms with E-state index < -0.39 is 0 Å². The van der Waals surface area contributed by atoms with Crippen LogP contribution in [0.2, 0.25) is 0 Å². The van der Waals surface area contributed by atoms with Crippen molar-refractivity contribution in [3.8, 4) is 56.4 Å². The molecule has 0 aromatic heterocycles. The predicted molar refractivity (Wildman–Crippen MR) is 477 cm³/mol. The van der Waals surface area contributed by atoms with Gasteiger partial charge in [0, 0.05) is 51.2 Å². The Labute approximate surface area is 660 Å². The maximum Gasteiger partial charge on any atom is 0.256 e. The molecule has 112 heavy (non-hydrogen) atoms. The van der Waals surface area contributed by atoms with Crippen LogP contribution in [0.3, 0.4) is 0 Å². The molecule has 10 heteroatoms. The monoisotopic (exact) mass is 1450 g/mol. The Kier molecular flexibility index (Phi) is 14.7. The maximum atomic E-state index is 7.47. The summed E-state index contributed by atoms with van der Waals surface area (Å²) in [5, 5.41) is 4.37. The van der Waals surface area contributed by atoms with E-state index in [9.17, 15) is 0 Å². The maximum absolute atomic E-state index is 7.47. The van der Waals surface area contributed by atoms with Crippen LogP contribution in [0.5, 0.6) is 23.0 Å². The van der Waals surface area contributed by atoms with Gasteiger partial charge in [0.2, 0.25) is 0 Å². The van der Waals surface area contributed by atoms with E-state index in [0.29, 0.717) is 0 Å². The molecule has 542 valence electrons. The molecule has 0 fully saturated rings. The third kappa shape index (κ3) is 9.69. The number of fused-ring (bicyclic) bond motifs is 14. The van der Waals surface area contributed by atoms with Gasteiger partial charge in [-0.15, -0.1) is 0 Å². The van der Waals surface area contributed by atoms with Crippen molar-refractivity contribution in [1.82, 2.24) is 0 Å². The van der Waals surface area contributed by atoms with Gasteiger partial charge in [-0.25, -0.2) is 0 Å². The van der Waals surface area contributed by atoms with Gasteiger partial charge in [-0.3, -0.25) is 0 Å². The highest BCUT2D eigenvalue weighted by Crippen LogP contribution is 2.56. The Morgan fingerprint density at radius 2 is 0.571 bits per heavy atom. The largest absolute Gasteiger partial charge is 0.458 e. The lowest BCUT2D eigenvalue weighted by Gasteiger charge is -2.48. The number of nitrogens with one attached hydrogen (secondary N) is 1. The molecule has 7 aliphatic rings. The third-order valence-electron chi connectivity index (χ3n) is 25.7. The van der Waals surface area contributed by atoms with Crippen molar-refractivity contribution in [3.63, 3.8) is 0 Å². The molecular formula is C102H88B3N5O2. The van der Waals surface area contributed by atoms with E-state index in [1.54, 1.807) is 0 Å². The van der Waals surface area contributed by atoms with Crippen molar-refractivity contribution in [2.75, 3.05) is 24.9 Å². The quantitative estimate of drug-likeness (QED) is 0.166. The molecule has 0 aliphatic carbocycles. The molecule has 0 saturated carbocycles. The van der Waals surface area contributed by atoms with Gasteiger partial charge < -0.3 is 34.4 Å². The number of benzene rings is 14. The molecule has 0 bridgehead atoms. The van der Waals surface area contributed by atoms with Gasteiger partial charge in [-0.2, -0.15) is 0 Å². The lowest BCUT2D eigenvalue weighted by atomic mass is 9.29. The fourth-order valence-corrected chi connectivity index (χ4v) is 22.4. The van der Waals surface area contributed by atoms with Crippen LogP contribution in [0.15, 0.2) is 200 Å². The van der Waals surface area contributed by atoms with Crippen molar-refractivity contribution < 1.29 is 9.47 Å². The summed E-state index contributed by atoms with van der Waals surface area (Å²) in [5.41, 5.74) is 56.7. The van der Waals surface area contributed by atoms with Gasteiger partial charge in [0.05, 0.1) is 28.4 Å². The summed E-state index contributed by atoms with van der Waals surface area (Å²) in [6, 6.07) is 78.4. The zero-order chi connectivity index (χ0) is 76.9. The van der Waals surface area contributed by atoms with Crippen molar-refractivity contribution >= 4 is 149 Å². The lowest BCUT2D eigenvalue weighted by molar-refractivity contribution is 0.477. The Balaban J connectivity index is 0.920. The molecular weight excluding hydrogens is 1360 g/mol.